The van der Waals surface area contributed by atoms with Crippen LogP contribution in [0.3, 0.4) is 0 Å². The number of para-hydroxylation sites is 2. The average Bonchev–Trinajstić information content (AvgIpc) is 3.59. The second kappa shape index (κ2) is 8.56. The third-order valence-electron chi connectivity index (χ3n) is 8.84. The Bertz CT molecular complexity index is 2090. The number of nitrogens with zero attached hydrogens (tertiary/aromatic N) is 2. The minimum Gasteiger partial charge on any atom is -0.453 e. The lowest BCUT2D eigenvalue weighted by atomic mass is 9.77. The predicted octanol–water partition coefficient (Wildman–Crippen LogP) is 8.04. The smallest absolute Gasteiger partial charge is 0.453 e. The van der Waals surface area contributed by atoms with Crippen molar-refractivity contribution in [3.05, 3.63) is 103 Å². The highest BCUT2D eigenvalue weighted by molar-refractivity contribution is 6.66. The number of rotatable bonds is 3. The molecule has 0 spiro atoms. The van der Waals surface area contributed by atoms with Crippen LogP contribution in [-0.4, -0.2) is 27.9 Å². The Morgan fingerprint density at radius 2 is 1.32 bits per heavy atom. The van der Waals surface area contributed by atoms with Gasteiger partial charge in [-0.1, -0.05) is 72.8 Å². The van der Waals surface area contributed by atoms with Gasteiger partial charge in [0.1, 0.15) is 11.1 Å². The number of hydrogen-bond acceptors (Lipinski definition) is 4. The van der Waals surface area contributed by atoms with Gasteiger partial charge in [-0.15, -0.1) is 0 Å². The highest BCUT2D eigenvalue weighted by Crippen LogP contribution is 2.45. The molecule has 1 saturated heterocycles. The van der Waals surface area contributed by atoms with Crippen molar-refractivity contribution in [1.29, 1.82) is 0 Å². The van der Waals surface area contributed by atoms with E-state index in [9.17, 15) is 0 Å². The van der Waals surface area contributed by atoms with Crippen LogP contribution in [-0.2, 0) is 9.31 Å². The lowest BCUT2D eigenvalue weighted by molar-refractivity contribution is 0.00578. The second-order valence-corrected chi connectivity index (χ2v) is 11.8. The van der Waals surface area contributed by atoms with E-state index < -0.39 is 18.3 Å². The Labute approximate surface area is 238 Å². The molecule has 3 aromatic heterocycles. The van der Waals surface area contributed by atoms with Crippen LogP contribution >= 0.6 is 0 Å². The van der Waals surface area contributed by atoms with E-state index in [1.54, 1.807) is 0 Å². The van der Waals surface area contributed by atoms with Crippen LogP contribution in [0.4, 0.5) is 0 Å². The summed E-state index contributed by atoms with van der Waals surface area (Å²) in [5.41, 5.74) is 7.58. The van der Waals surface area contributed by atoms with Gasteiger partial charge in [-0.25, -0.2) is 4.98 Å². The normalized spacial score (nSPS) is 16.4. The fourth-order valence-corrected chi connectivity index (χ4v) is 6.08. The molecule has 0 atom stereocenters. The summed E-state index contributed by atoms with van der Waals surface area (Å²) in [5, 5.41) is 2.97. The van der Waals surface area contributed by atoms with Crippen LogP contribution in [0.25, 0.3) is 60.8 Å². The summed E-state index contributed by atoms with van der Waals surface area (Å²) in [7, 11) is -0.532. The van der Waals surface area contributed by atoms with Crippen LogP contribution < -0.4 is 5.46 Å². The molecule has 0 bridgehead atoms. The van der Waals surface area contributed by atoms with Gasteiger partial charge in [0, 0.05) is 22.0 Å². The minimum absolute atomic E-state index is 0.463. The van der Waals surface area contributed by atoms with Crippen molar-refractivity contribution >= 4 is 56.5 Å². The van der Waals surface area contributed by atoms with Gasteiger partial charge in [-0.3, -0.25) is 0 Å². The summed E-state index contributed by atoms with van der Waals surface area (Å²) in [5.74, 6) is 0. The molecule has 0 amide bonds. The van der Waals surface area contributed by atoms with Crippen LogP contribution in [0.1, 0.15) is 27.7 Å². The summed E-state index contributed by atoms with van der Waals surface area (Å²) in [6, 6.07) is 35.3. The number of pyridine rings is 1. The Morgan fingerprint density at radius 1 is 0.659 bits per heavy atom. The molecule has 41 heavy (non-hydrogen) atoms. The molecule has 0 saturated carbocycles. The van der Waals surface area contributed by atoms with Gasteiger partial charge in [-0.05, 0) is 63.5 Å². The molecule has 1 aliphatic rings. The molecule has 4 heterocycles. The lowest BCUT2D eigenvalue weighted by Gasteiger charge is -2.32. The third kappa shape index (κ3) is 3.47. The van der Waals surface area contributed by atoms with Gasteiger partial charge in [0.05, 0.1) is 33.3 Å². The van der Waals surface area contributed by atoms with Gasteiger partial charge < -0.3 is 18.3 Å². The maximum absolute atomic E-state index is 6.98. The van der Waals surface area contributed by atoms with Crippen LogP contribution in [0, 0.1) is 0 Å². The first-order valence-corrected chi connectivity index (χ1v) is 14.1. The zero-order valence-corrected chi connectivity index (χ0v) is 23.5. The summed E-state index contributed by atoms with van der Waals surface area (Å²) in [6.07, 6.45) is 0. The maximum atomic E-state index is 6.98. The molecule has 200 valence electrons. The predicted molar refractivity (Wildman–Crippen MR) is 167 cm³/mol. The molecule has 0 N–H and O–H groups in total. The number of aromatic nitrogens is 2. The highest BCUT2D eigenvalue weighted by atomic mass is 16.7. The Kier molecular flexibility index (Phi) is 5.10. The van der Waals surface area contributed by atoms with Crippen molar-refractivity contribution in [2.24, 2.45) is 0 Å². The highest BCUT2D eigenvalue weighted by Gasteiger charge is 2.52. The van der Waals surface area contributed by atoms with Gasteiger partial charge in [0.15, 0.2) is 5.58 Å². The van der Waals surface area contributed by atoms with E-state index in [4.69, 9.17) is 18.7 Å². The first kappa shape index (κ1) is 24.4. The summed E-state index contributed by atoms with van der Waals surface area (Å²) in [4.78, 5) is 5.22. The van der Waals surface area contributed by atoms with Crippen molar-refractivity contribution in [2.45, 2.75) is 38.9 Å². The standard InChI is InChI=1S/C35H29BN2O3/c1-34(2)35(3,4)41-36(40-34)25-19-13-21-27-28(25)33-31(38(27)23-16-9-6-10-17-23)29-30(22-14-7-5-8-15-22)37-26-20-12-11-18-24(26)32(29)39-33/h5-21H,1-4H3. The van der Waals surface area contributed by atoms with E-state index in [-0.39, 0.29) is 0 Å². The Morgan fingerprint density at radius 3 is 2.05 bits per heavy atom. The lowest BCUT2D eigenvalue weighted by Crippen LogP contribution is -2.41. The second-order valence-electron chi connectivity index (χ2n) is 11.8. The summed E-state index contributed by atoms with van der Waals surface area (Å²) in [6.45, 7) is 8.35. The molecule has 1 fully saturated rings. The van der Waals surface area contributed by atoms with E-state index >= 15 is 0 Å². The number of fused-ring (bicyclic) bond motifs is 7. The average molecular weight is 536 g/mol. The number of furan rings is 1. The molecule has 0 aliphatic carbocycles. The van der Waals surface area contributed by atoms with E-state index in [1.807, 2.05) is 30.3 Å². The fraction of sp³-hybridized carbons (Fsp3) is 0.171. The fourth-order valence-electron chi connectivity index (χ4n) is 6.08. The van der Waals surface area contributed by atoms with Crippen LogP contribution in [0.2, 0.25) is 0 Å². The quantitative estimate of drug-likeness (QED) is 0.215. The largest absolute Gasteiger partial charge is 0.495 e. The van der Waals surface area contributed by atoms with Gasteiger partial charge in [-0.2, -0.15) is 0 Å². The monoisotopic (exact) mass is 536 g/mol. The molecule has 6 heteroatoms. The topological polar surface area (TPSA) is 49.4 Å². The Balaban J connectivity index is 1.57. The number of benzene rings is 4. The molecule has 4 aromatic carbocycles. The molecule has 8 rings (SSSR count). The Hall–Kier alpha value is -4.39. The van der Waals surface area contributed by atoms with E-state index in [2.05, 4.69) is 105 Å². The maximum Gasteiger partial charge on any atom is 0.495 e. The summed E-state index contributed by atoms with van der Waals surface area (Å²) >= 11 is 0. The van der Waals surface area contributed by atoms with E-state index in [0.29, 0.717) is 0 Å². The van der Waals surface area contributed by atoms with Crippen LogP contribution in [0.15, 0.2) is 108 Å². The molecule has 0 unspecified atom stereocenters. The van der Waals surface area contributed by atoms with Crippen molar-refractivity contribution in [3.8, 4) is 16.9 Å². The molecule has 1 aliphatic heterocycles. The zero-order valence-electron chi connectivity index (χ0n) is 23.5. The molecular weight excluding hydrogens is 507 g/mol. The van der Waals surface area contributed by atoms with Crippen molar-refractivity contribution < 1.29 is 13.7 Å². The summed E-state index contributed by atoms with van der Waals surface area (Å²) < 4.78 is 22.4. The van der Waals surface area contributed by atoms with Crippen LogP contribution in [0.5, 0.6) is 0 Å². The van der Waals surface area contributed by atoms with Gasteiger partial charge in [0.2, 0.25) is 0 Å². The van der Waals surface area contributed by atoms with Crippen molar-refractivity contribution in [2.75, 3.05) is 0 Å². The molecule has 7 aromatic rings. The van der Waals surface area contributed by atoms with Gasteiger partial charge >= 0.3 is 7.12 Å². The molecule has 5 nitrogen and oxygen atoms in total. The zero-order chi connectivity index (χ0) is 27.9. The minimum atomic E-state index is -0.532. The third-order valence-corrected chi connectivity index (χ3v) is 8.84. The van der Waals surface area contributed by atoms with Gasteiger partial charge in [0.25, 0.3) is 0 Å². The number of hydrogen-bond donors (Lipinski definition) is 0. The SMILES string of the molecule is CC1(C)OB(c2cccc3c2c2oc4c5ccccc5nc(-c5ccccc5)c4c2n3-c2ccccc2)OC1(C)C. The van der Waals surface area contributed by atoms with Crippen molar-refractivity contribution in [3.63, 3.8) is 0 Å². The first-order chi connectivity index (χ1) is 19.8. The van der Waals surface area contributed by atoms with Crippen molar-refractivity contribution in [1.82, 2.24) is 9.55 Å². The van der Waals surface area contributed by atoms with E-state index in [0.717, 1.165) is 66.3 Å². The molecular formula is C35H29BN2O3. The molecule has 0 radical (unpaired) electrons. The first-order valence-electron chi connectivity index (χ1n) is 14.1. The van der Waals surface area contributed by atoms with E-state index in [1.165, 1.54) is 0 Å².